The van der Waals surface area contributed by atoms with Gasteiger partial charge < -0.3 is 5.32 Å². The third-order valence-electron chi connectivity index (χ3n) is 6.62. The van der Waals surface area contributed by atoms with Gasteiger partial charge in [0.1, 0.15) is 0 Å². The molecule has 1 aromatic heterocycles. The minimum atomic E-state index is -3.64. The summed E-state index contributed by atoms with van der Waals surface area (Å²) in [7, 11) is -3.64. The van der Waals surface area contributed by atoms with Gasteiger partial charge in [-0.25, -0.2) is 13.4 Å². The number of amides is 1. The summed E-state index contributed by atoms with van der Waals surface area (Å²) in [5.41, 5.74) is 1.76. The number of benzene rings is 2. The lowest BCUT2D eigenvalue weighted by atomic mass is 10.2. The van der Waals surface area contributed by atoms with Crippen LogP contribution in [0.2, 0.25) is 0 Å². The average Bonchev–Trinajstić information content (AvgIpc) is 3.39. The van der Waals surface area contributed by atoms with Crippen molar-refractivity contribution in [2.75, 3.05) is 24.2 Å². The Balaban J connectivity index is 1.56. The second kappa shape index (κ2) is 11.1. The molecule has 0 spiro atoms. The number of fused-ring (bicyclic) bond motifs is 1. The summed E-state index contributed by atoms with van der Waals surface area (Å²) in [6.45, 7) is 6.14. The van der Waals surface area contributed by atoms with E-state index < -0.39 is 10.0 Å². The van der Waals surface area contributed by atoms with Crippen LogP contribution < -0.4 is 10.9 Å². The molecule has 192 valence electrons. The van der Waals surface area contributed by atoms with Crippen molar-refractivity contribution in [1.82, 2.24) is 13.9 Å². The van der Waals surface area contributed by atoms with Gasteiger partial charge in [-0.2, -0.15) is 4.31 Å². The molecule has 0 atom stereocenters. The van der Waals surface area contributed by atoms with Crippen molar-refractivity contribution >= 4 is 44.3 Å². The smallest absolute Gasteiger partial charge is 0.262 e. The second-order valence-electron chi connectivity index (χ2n) is 8.93. The maximum Gasteiger partial charge on any atom is 0.262 e. The molecule has 0 saturated heterocycles. The molecule has 1 heterocycles. The molecule has 1 amide bonds. The Morgan fingerprint density at radius 2 is 1.83 bits per heavy atom. The highest BCUT2D eigenvalue weighted by Crippen LogP contribution is 2.32. The Kier molecular flexibility index (Phi) is 8.17. The van der Waals surface area contributed by atoms with Crippen molar-refractivity contribution in [3.8, 4) is 0 Å². The van der Waals surface area contributed by atoms with E-state index in [2.05, 4.69) is 5.32 Å². The number of thioether (sulfide) groups is 1. The number of nitrogens with one attached hydrogen (secondary N) is 1. The van der Waals surface area contributed by atoms with Crippen LogP contribution in [0.15, 0.2) is 57.3 Å². The van der Waals surface area contributed by atoms with Gasteiger partial charge in [-0.05, 0) is 49.6 Å². The van der Waals surface area contributed by atoms with Crippen molar-refractivity contribution in [1.29, 1.82) is 0 Å². The van der Waals surface area contributed by atoms with Crippen LogP contribution in [0.25, 0.3) is 10.9 Å². The molecule has 3 aromatic rings. The number of aromatic nitrogens is 2. The van der Waals surface area contributed by atoms with Crippen molar-refractivity contribution in [3.05, 3.63) is 58.4 Å². The number of hydrogen-bond donors (Lipinski definition) is 1. The lowest BCUT2D eigenvalue weighted by Crippen LogP contribution is -2.30. The second-order valence-corrected chi connectivity index (χ2v) is 11.8. The minimum absolute atomic E-state index is 0.0456. The average molecular weight is 529 g/mol. The monoisotopic (exact) mass is 528 g/mol. The highest BCUT2D eigenvalue weighted by molar-refractivity contribution is 7.99. The van der Waals surface area contributed by atoms with Gasteiger partial charge in [-0.3, -0.25) is 14.2 Å². The molecule has 1 N–H and O–H groups in total. The van der Waals surface area contributed by atoms with Gasteiger partial charge in [0, 0.05) is 24.8 Å². The van der Waals surface area contributed by atoms with E-state index in [1.54, 1.807) is 36.6 Å². The van der Waals surface area contributed by atoms with Gasteiger partial charge >= 0.3 is 0 Å². The van der Waals surface area contributed by atoms with Crippen molar-refractivity contribution in [2.24, 2.45) is 0 Å². The number of anilines is 1. The zero-order valence-electron chi connectivity index (χ0n) is 20.9. The highest BCUT2D eigenvalue weighted by Gasteiger charge is 2.24. The van der Waals surface area contributed by atoms with Crippen LogP contribution in [0.3, 0.4) is 0 Å². The molecule has 1 fully saturated rings. The van der Waals surface area contributed by atoms with E-state index >= 15 is 0 Å². The molecular formula is C26H32N4O4S2. The highest BCUT2D eigenvalue weighted by atomic mass is 32.2. The summed E-state index contributed by atoms with van der Waals surface area (Å²) < 4.78 is 29.0. The van der Waals surface area contributed by atoms with Gasteiger partial charge in [-0.15, -0.1) is 0 Å². The maximum absolute atomic E-state index is 13.3. The maximum atomic E-state index is 13.3. The predicted molar refractivity (Wildman–Crippen MR) is 144 cm³/mol. The van der Waals surface area contributed by atoms with Crippen LogP contribution in [0, 0.1) is 6.92 Å². The molecule has 4 rings (SSSR count). The van der Waals surface area contributed by atoms with E-state index in [1.807, 2.05) is 25.1 Å². The van der Waals surface area contributed by atoms with Gasteiger partial charge in [0.15, 0.2) is 5.16 Å². The van der Waals surface area contributed by atoms with E-state index in [1.165, 1.54) is 22.1 Å². The Morgan fingerprint density at radius 3 is 2.53 bits per heavy atom. The molecule has 10 heteroatoms. The number of hydrogen-bond acceptors (Lipinski definition) is 6. The number of rotatable bonds is 9. The molecule has 0 radical (unpaired) electrons. The molecule has 1 aliphatic rings. The fourth-order valence-electron chi connectivity index (χ4n) is 4.64. The summed E-state index contributed by atoms with van der Waals surface area (Å²) in [6, 6.07) is 12.1. The standard InChI is InChI=1S/C26H32N4O4S2/c1-4-29(5-2)36(33,34)20-15-14-18(3)23(16-20)27-24(31)17-35-26-28-22-13-9-8-12-21(22)25(32)30(26)19-10-6-7-11-19/h8-9,12-16,19H,4-7,10-11,17H2,1-3H3,(H,27,31). The normalized spacial score (nSPS) is 14.6. The molecular weight excluding hydrogens is 496 g/mol. The number of aryl methyl sites for hydroxylation is 1. The molecule has 0 unspecified atom stereocenters. The number of para-hydroxylation sites is 1. The van der Waals surface area contributed by atoms with Crippen LogP contribution in [0.5, 0.6) is 0 Å². The van der Waals surface area contributed by atoms with Gasteiger partial charge in [0.2, 0.25) is 15.9 Å². The molecule has 1 saturated carbocycles. The Morgan fingerprint density at radius 1 is 1.14 bits per heavy atom. The zero-order chi connectivity index (χ0) is 25.9. The quantitative estimate of drug-likeness (QED) is 0.322. The molecule has 8 nitrogen and oxygen atoms in total. The van der Waals surface area contributed by atoms with E-state index in [4.69, 9.17) is 4.98 Å². The van der Waals surface area contributed by atoms with Crippen LogP contribution in [0.1, 0.15) is 51.1 Å². The fourth-order valence-corrected chi connectivity index (χ4v) is 6.99. The van der Waals surface area contributed by atoms with E-state index in [9.17, 15) is 18.0 Å². The van der Waals surface area contributed by atoms with Crippen LogP contribution in [-0.4, -0.2) is 47.0 Å². The molecule has 0 bridgehead atoms. The summed E-state index contributed by atoms with van der Waals surface area (Å²) in [4.78, 5) is 31.1. The van der Waals surface area contributed by atoms with Crippen molar-refractivity contribution in [3.63, 3.8) is 0 Å². The summed E-state index contributed by atoms with van der Waals surface area (Å²) in [5, 5.41) is 3.97. The first-order valence-corrected chi connectivity index (χ1v) is 14.7. The summed E-state index contributed by atoms with van der Waals surface area (Å²) in [6.07, 6.45) is 3.99. The molecule has 0 aliphatic heterocycles. The van der Waals surface area contributed by atoms with Gasteiger partial charge in [-0.1, -0.05) is 56.7 Å². The third-order valence-corrected chi connectivity index (χ3v) is 9.62. The third kappa shape index (κ3) is 5.35. The number of carbonyl (C=O) groups is 1. The topological polar surface area (TPSA) is 101 Å². The number of sulfonamides is 1. The van der Waals surface area contributed by atoms with E-state index in [0.29, 0.717) is 34.8 Å². The lowest BCUT2D eigenvalue weighted by molar-refractivity contribution is -0.113. The number of carbonyl (C=O) groups excluding carboxylic acids is 1. The van der Waals surface area contributed by atoms with Crippen LogP contribution in [-0.2, 0) is 14.8 Å². The van der Waals surface area contributed by atoms with Crippen LogP contribution in [0.4, 0.5) is 5.69 Å². The van der Waals surface area contributed by atoms with Crippen molar-refractivity contribution < 1.29 is 13.2 Å². The predicted octanol–water partition coefficient (Wildman–Crippen LogP) is 4.58. The SMILES string of the molecule is CCN(CC)S(=O)(=O)c1ccc(C)c(NC(=O)CSc2nc3ccccc3c(=O)n2C2CCCC2)c1. The van der Waals surface area contributed by atoms with Crippen LogP contribution >= 0.6 is 11.8 Å². The van der Waals surface area contributed by atoms with E-state index in [-0.39, 0.29) is 28.2 Å². The largest absolute Gasteiger partial charge is 0.325 e. The first kappa shape index (κ1) is 26.4. The molecule has 1 aliphatic carbocycles. The van der Waals surface area contributed by atoms with E-state index in [0.717, 1.165) is 31.2 Å². The van der Waals surface area contributed by atoms with Gasteiger partial charge in [0.05, 0.1) is 21.6 Å². The Labute approximate surface area is 216 Å². The van der Waals surface area contributed by atoms with Gasteiger partial charge in [0.25, 0.3) is 5.56 Å². The minimum Gasteiger partial charge on any atom is -0.325 e. The molecule has 2 aromatic carbocycles. The lowest BCUT2D eigenvalue weighted by Gasteiger charge is -2.20. The molecule has 36 heavy (non-hydrogen) atoms. The first-order valence-electron chi connectivity index (χ1n) is 12.3. The Bertz CT molecular complexity index is 1430. The van der Waals surface area contributed by atoms with Crippen molar-refractivity contribution in [2.45, 2.75) is 62.5 Å². The summed E-state index contributed by atoms with van der Waals surface area (Å²) >= 11 is 1.23. The number of nitrogens with zero attached hydrogens (tertiary/aromatic N) is 3. The first-order chi connectivity index (χ1) is 17.3. The summed E-state index contributed by atoms with van der Waals surface area (Å²) in [5.74, 6) is -0.245. The fraction of sp³-hybridized carbons (Fsp3) is 0.423. The Hall–Kier alpha value is -2.69. The zero-order valence-corrected chi connectivity index (χ0v) is 22.5.